The Labute approximate surface area is 100 Å². The molecule has 0 bridgehead atoms. The summed E-state index contributed by atoms with van der Waals surface area (Å²) in [5.74, 6) is 0.499. The van der Waals surface area contributed by atoms with Crippen LogP contribution in [0.3, 0.4) is 0 Å². The first kappa shape index (κ1) is 11.0. The van der Waals surface area contributed by atoms with E-state index in [0.717, 1.165) is 26.0 Å². The molecular formula is C11H18N4O2. The Morgan fingerprint density at radius 3 is 3.00 bits per heavy atom. The summed E-state index contributed by atoms with van der Waals surface area (Å²) in [5, 5.41) is 8.00. The van der Waals surface area contributed by atoms with Crippen LogP contribution in [0.1, 0.15) is 31.6 Å². The maximum Gasteiger partial charge on any atom is 0.318 e. The summed E-state index contributed by atoms with van der Waals surface area (Å²) < 4.78 is 11.4. The minimum Gasteiger partial charge on any atom is -0.407 e. The first-order valence-electron chi connectivity index (χ1n) is 6.29. The van der Waals surface area contributed by atoms with Gasteiger partial charge in [-0.1, -0.05) is 17.9 Å². The molecule has 2 N–H and O–H groups in total. The lowest BCUT2D eigenvalue weighted by Crippen LogP contribution is -2.53. The maximum atomic E-state index is 5.81. The molecule has 17 heavy (non-hydrogen) atoms. The van der Waals surface area contributed by atoms with E-state index in [4.69, 9.17) is 14.9 Å². The smallest absolute Gasteiger partial charge is 0.318 e. The van der Waals surface area contributed by atoms with Crippen LogP contribution in [-0.4, -0.2) is 35.5 Å². The van der Waals surface area contributed by atoms with E-state index in [0.29, 0.717) is 30.6 Å². The number of nitrogens with zero attached hydrogens (tertiary/aromatic N) is 3. The maximum absolute atomic E-state index is 5.81. The van der Waals surface area contributed by atoms with Gasteiger partial charge in [0.25, 0.3) is 0 Å². The van der Waals surface area contributed by atoms with Gasteiger partial charge in [-0.3, -0.25) is 0 Å². The Morgan fingerprint density at radius 1 is 1.29 bits per heavy atom. The molecule has 2 aliphatic rings. The van der Waals surface area contributed by atoms with Crippen LogP contribution in [-0.2, 0) is 11.3 Å². The van der Waals surface area contributed by atoms with E-state index in [1.807, 2.05) is 0 Å². The normalized spacial score (nSPS) is 29.1. The highest BCUT2D eigenvalue weighted by molar-refractivity contribution is 5.29. The molecule has 2 heterocycles. The van der Waals surface area contributed by atoms with Gasteiger partial charge in [-0.25, -0.2) is 0 Å². The second-order valence-electron chi connectivity index (χ2n) is 4.64. The average Bonchev–Trinajstić information content (AvgIpc) is 2.87. The fraction of sp³-hybridized carbons (Fsp3) is 0.818. The molecule has 0 radical (unpaired) electrons. The van der Waals surface area contributed by atoms with Gasteiger partial charge in [-0.2, -0.15) is 0 Å². The van der Waals surface area contributed by atoms with E-state index in [-0.39, 0.29) is 0 Å². The van der Waals surface area contributed by atoms with Crippen molar-refractivity contribution >= 4 is 6.01 Å². The predicted molar refractivity (Wildman–Crippen MR) is 61.5 cm³/mol. The quantitative estimate of drug-likeness (QED) is 0.816. The van der Waals surface area contributed by atoms with E-state index >= 15 is 0 Å². The van der Waals surface area contributed by atoms with Crippen molar-refractivity contribution < 1.29 is 9.15 Å². The molecule has 6 nitrogen and oxygen atoms in total. The zero-order valence-corrected chi connectivity index (χ0v) is 9.84. The Hall–Kier alpha value is -1.14. The van der Waals surface area contributed by atoms with Crippen LogP contribution in [0.2, 0.25) is 0 Å². The average molecular weight is 238 g/mol. The molecule has 3 rings (SSSR count). The zero-order valence-electron chi connectivity index (χ0n) is 9.84. The molecule has 0 aromatic carbocycles. The molecular weight excluding hydrogens is 220 g/mol. The summed E-state index contributed by atoms with van der Waals surface area (Å²) in [6.07, 6.45) is 5.11. The Balaban J connectivity index is 1.80. The monoisotopic (exact) mass is 238 g/mol. The summed E-state index contributed by atoms with van der Waals surface area (Å²) in [6, 6.07) is 0.995. The van der Waals surface area contributed by atoms with Gasteiger partial charge in [-0.05, 0) is 12.8 Å². The third-order valence-corrected chi connectivity index (χ3v) is 3.61. The van der Waals surface area contributed by atoms with Crippen LogP contribution < -0.4 is 10.6 Å². The van der Waals surface area contributed by atoms with Gasteiger partial charge in [0, 0.05) is 6.54 Å². The zero-order chi connectivity index (χ0) is 11.7. The van der Waals surface area contributed by atoms with E-state index < -0.39 is 0 Å². The summed E-state index contributed by atoms with van der Waals surface area (Å²) in [4.78, 5) is 2.19. The molecule has 2 fully saturated rings. The van der Waals surface area contributed by atoms with E-state index in [1.54, 1.807) is 0 Å². The number of fused-ring (bicyclic) bond motifs is 1. The van der Waals surface area contributed by atoms with E-state index in [1.165, 1.54) is 12.8 Å². The SMILES string of the molecule is NCc1nnc(N2CCOC3CCCCC32)o1. The number of anilines is 1. The molecule has 94 valence electrons. The third kappa shape index (κ3) is 2.02. The van der Waals surface area contributed by atoms with Gasteiger partial charge in [0.15, 0.2) is 0 Å². The second-order valence-corrected chi connectivity index (χ2v) is 4.64. The number of ether oxygens (including phenoxy) is 1. The van der Waals surface area contributed by atoms with Crippen molar-refractivity contribution in [3.63, 3.8) is 0 Å². The standard InChI is InChI=1S/C11H18N4O2/c12-7-10-13-14-11(17-10)15-5-6-16-9-4-2-1-3-8(9)15/h8-9H,1-7,12H2. The summed E-state index contributed by atoms with van der Waals surface area (Å²) >= 11 is 0. The summed E-state index contributed by atoms with van der Waals surface area (Å²) in [5.41, 5.74) is 5.49. The number of nitrogens with two attached hydrogens (primary N) is 1. The molecule has 2 atom stereocenters. The number of morpholine rings is 1. The Bertz CT molecular complexity index is 379. The van der Waals surface area contributed by atoms with Crippen LogP contribution in [0.4, 0.5) is 6.01 Å². The molecule has 1 aliphatic heterocycles. The van der Waals surface area contributed by atoms with Gasteiger partial charge >= 0.3 is 6.01 Å². The molecule has 1 saturated carbocycles. The first-order chi connectivity index (χ1) is 8.38. The number of hydrogen-bond acceptors (Lipinski definition) is 6. The van der Waals surface area contributed by atoms with Gasteiger partial charge in [-0.15, -0.1) is 5.10 Å². The van der Waals surface area contributed by atoms with Crippen LogP contribution in [0.15, 0.2) is 4.42 Å². The van der Waals surface area contributed by atoms with Crippen LogP contribution in [0.5, 0.6) is 0 Å². The number of hydrogen-bond donors (Lipinski definition) is 1. The van der Waals surface area contributed by atoms with Crippen molar-refractivity contribution in [3.8, 4) is 0 Å². The third-order valence-electron chi connectivity index (χ3n) is 3.61. The highest BCUT2D eigenvalue weighted by Crippen LogP contribution is 2.31. The topological polar surface area (TPSA) is 77.4 Å². The van der Waals surface area contributed by atoms with E-state index in [2.05, 4.69) is 15.1 Å². The minimum absolute atomic E-state index is 0.297. The van der Waals surface area contributed by atoms with Gasteiger partial charge in [0.05, 0.1) is 25.3 Å². The van der Waals surface area contributed by atoms with Crippen molar-refractivity contribution in [2.75, 3.05) is 18.1 Å². The summed E-state index contributed by atoms with van der Waals surface area (Å²) in [7, 11) is 0. The number of rotatable bonds is 2. The molecule has 2 unspecified atom stereocenters. The van der Waals surface area contributed by atoms with Crippen LogP contribution in [0, 0.1) is 0 Å². The van der Waals surface area contributed by atoms with Crippen molar-refractivity contribution in [2.45, 2.75) is 44.4 Å². The molecule has 0 amide bonds. The summed E-state index contributed by atoms with van der Waals surface area (Å²) in [6.45, 7) is 1.86. The lowest BCUT2D eigenvalue weighted by Gasteiger charge is -2.42. The molecule has 6 heteroatoms. The van der Waals surface area contributed by atoms with Crippen molar-refractivity contribution in [2.24, 2.45) is 5.73 Å². The first-order valence-corrected chi connectivity index (χ1v) is 6.29. The fourth-order valence-electron chi connectivity index (χ4n) is 2.78. The van der Waals surface area contributed by atoms with E-state index in [9.17, 15) is 0 Å². The fourth-order valence-corrected chi connectivity index (χ4v) is 2.78. The van der Waals surface area contributed by atoms with Crippen molar-refractivity contribution in [1.29, 1.82) is 0 Å². The lowest BCUT2D eigenvalue weighted by atomic mass is 9.90. The molecule has 1 aromatic rings. The highest BCUT2D eigenvalue weighted by Gasteiger charge is 2.36. The van der Waals surface area contributed by atoms with Crippen LogP contribution in [0.25, 0.3) is 0 Å². The molecule has 1 aromatic heterocycles. The van der Waals surface area contributed by atoms with Crippen molar-refractivity contribution in [3.05, 3.63) is 5.89 Å². The van der Waals surface area contributed by atoms with Crippen molar-refractivity contribution in [1.82, 2.24) is 10.2 Å². The predicted octanol–water partition coefficient (Wildman–Crippen LogP) is 0.676. The molecule has 1 aliphatic carbocycles. The molecule has 1 saturated heterocycles. The van der Waals surface area contributed by atoms with Gasteiger partial charge in [0.2, 0.25) is 5.89 Å². The highest BCUT2D eigenvalue weighted by atomic mass is 16.5. The van der Waals surface area contributed by atoms with Gasteiger partial charge in [0.1, 0.15) is 0 Å². The second kappa shape index (κ2) is 4.62. The number of aromatic nitrogens is 2. The molecule has 0 spiro atoms. The minimum atomic E-state index is 0.297. The van der Waals surface area contributed by atoms with Crippen LogP contribution >= 0.6 is 0 Å². The Kier molecular flexibility index (Phi) is 2.98. The van der Waals surface area contributed by atoms with Gasteiger partial charge < -0.3 is 19.8 Å². The largest absolute Gasteiger partial charge is 0.407 e. The lowest BCUT2D eigenvalue weighted by molar-refractivity contribution is -0.0106. The Morgan fingerprint density at radius 2 is 2.18 bits per heavy atom.